The third kappa shape index (κ3) is 3.77. The van der Waals surface area contributed by atoms with Crippen LogP contribution in [0.3, 0.4) is 0 Å². The predicted octanol–water partition coefficient (Wildman–Crippen LogP) is 3.16. The highest BCUT2D eigenvalue weighted by Crippen LogP contribution is 2.24. The summed E-state index contributed by atoms with van der Waals surface area (Å²) in [6, 6.07) is 7.30. The molecule has 0 saturated heterocycles. The zero-order valence-electron chi connectivity index (χ0n) is 10.9. The molecule has 0 heterocycles. The Labute approximate surface area is 103 Å². The van der Waals surface area contributed by atoms with Gasteiger partial charge < -0.3 is 10.4 Å². The van der Waals surface area contributed by atoms with Crippen molar-refractivity contribution in [1.29, 1.82) is 0 Å². The maximum Gasteiger partial charge on any atom is 0.326 e. The average Bonchev–Trinajstić information content (AvgIpc) is 2.24. The summed E-state index contributed by atoms with van der Waals surface area (Å²) in [7, 11) is 0. The molecule has 17 heavy (non-hydrogen) atoms. The first kappa shape index (κ1) is 13.6. The number of rotatable bonds is 4. The Balaban J connectivity index is 2.90. The molecule has 0 aromatic heterocycles. The van der Waals surface area contributed by atoms with Gasteiger partial charge in [-0.2, -0.15) is 0 Å². The molecule has 0 spiro atoms. The van der Waals surface area contributed by atoms with Gasteiger partial charge in [0.05, 0.1) is 0 Å². The second-order valence-corrected chi connectivity index (χ2v) is 5.34. The first-order valence-corrected chi connectivity index (χ1v) is 5.93. The summed E-state index contributed by atoms with van der Waals surface area (Å²) in [6.07, 6.45) is 0.947. The maximum absolute atomic E-state index is 11.2. The zero-order chi connectivity index (χ0) is 13.1. The number of carbonyl (C=O) groups is 1. The van der Waals surface area contributed by atoms with E-state index in [0.29, 0.717) is 0 Å². The van der Waals surface area contributed by atoms with Crippen molar-refractivity contribution < 1.29 is 9.90 Å². The molecular formula is C14H21NO2. The van der Waals surface area contributed by atoms with Gasteiger partial charge in [-0.15, -0.1) is 0 Å². The van der Waals surface area contributed by atoms with Crippen molar-refractivity contribution in [1.82, 2.24) is 0 Å². The molecule has 1 atom stereocenters. The molecular weight excluding hydrogens is 214 g/mol. The fourth-order valence-electron chi connectivity index (χ4n) is 1.70. The van der Waals surface area contributed by atoms with E-state index >= 15 is 0 Å². The van der Waals surface area contributed by atoms with Crippen molar-refractivity contribution in [3.63, 3.8) is 0 Å². The average molecular weight is 235 g/mol. The van der Waals surface area contributed by atoms with Crippen LogP contribution in [-0.2, 0) is 11.2 Å². The Morgan fingerprint density at radius 3 is 2.53 bits per heavy atom. The molecule has 0 amide bonds. The Bertz CT molecular complexity index is 393. The van der Waals surface area contributed by atoms with Gasteiger partial charge in [0.1, 0.15) is 6.04 Å². The van der Waals surface area contributed by atoms with E-state index in [2.05, 4.69) is 12.2 Å². The Morgan fingerprint density at radius 2 is 2.06 bits per heavy atom. The first-order valence-electron chi connectivity index (χ1n) is 5.93. The fourth-order valence-corrected chi connectivity index (χ4v) is 1.70. The summed E-state index contributed by atoms with van der Waals surface area (Å²) in [5.74, 6) is -0.820. The zero-order valence-corrected chi connectivity index (χ0v) is 10.9. The predicted molar refractivity (Wildman–Crippen MR) is 70.3 cm³/mol. The fraction of sp³-hybridized carbons (Fsp3) is 0.500. The summed E-state index contributed by atoms with van der Waals surface area (Å²) in [5, 5.41) is 12.3. The lowest BCUT2D eigenvalue weighted by Gasteiger charge is -2.28. The van der Waals surface area contributed by atoms with E-state index in [1.54, 1.807) is 0 Å². The molecule has 1 aromatic rings. The lowest BCUT2D eigenvalue weighted by atomic mass is 9.86. The van der Waals surface area contributed by atoms with E-state index in [4.69, 9.17) is 0 Å². The van der Waals surface area contributed by atoms with E-state index in [-0.39, 0.29) is 5.41 Å². The van der Waals surface area contributed by atoms with Crippen molar-refractivity contribution in [3.8, 4) is 0 Å². The molecule has 2 N–H and O–H groups in total. The number of aryl methyl sites for hydroxylation is 1. The smallest absolute Gasteiger partial charge is 0.326 e. The second kappa shape index (κ2) is 5.21. The number of benzene rings is 1. The van der Waals surface area contributed by atoms with Crippen LogP contribution in [0.1, 0.15) is 33.3 Å². The maximum atomic E-state index is 11.2. The highest BCUT2D eigenvalue weighted by atomic mass is 16.4. The topological polar surface area (TPSA) is 49.3 Å². The van der Waals surface area contributed by atoms with Gasteiger partial charge >= 0.3 is 5.97 Å². The van der Waals surface area contributed by atoms with E-state index < -0.39 is 12.0 Å². The van der Waals surface area contributed by atoms with Crippen molar-refractivity contribution in [2.75, 3.05) is 5.32 Å². The largest absolute Gasteiger partial charge is 0.480 e. The van der Waals surface area contributed by atoms with Crippen LogP contribution in [0.25, 0.3) is 0 Å². The van der Waals surface area contributed by atoms with Crippen molar-refractivity contribution in [2.45, 2.75) is 40.2 Å². The number of nitrogens with one attached hydrogen (secondary N) is 1. The van der Waals surface area contributed by atoms with Crippen LogP contribution in [0.2, 0.25) is 0 Å². The molecule has 0 aliphatic carbocycles. The van der Waals surface area contributed by atoms with Gasteiger partial charge in [0.15, 0.2) is 0 Å². The summed E-state index contributed by atoms with van der Waals surface area (Å²) in [6.45, 7) is 7.84. The van der Waals surface area contributed by atoms with E-state index in [0.717, 1.165) is 12.1 Å². The molecule has 0 aliphatic rings. The number of hydrogen-bond acceptors (Lipinski definition) is 2. The lowest BCUT2D eigenvalue weighted by Crippen LogP contribution is -2.41. The van der Waals surface area contributed by atoms with Crippen LogP contribution >= 0.6 is 0 Å². The molecule has 3 nitrogen and oxygen atoms in total. The molecule has 0 aliphatic heterocycles. The number of carboxylic acid groups (broad SMARTS) is 1. The van der Waals surface area contributed by atoms with Gasteiger partial charge in [-0.1, -0.05) is 39.8 Å². The first-order chi connectivity index (χ1) is 7.84. The number of aliphatic carboxylic acids is 1. The minimum absolute atomic E-state index is 0.325. The monoisotopic (exact) mass is 235 g/mol. The Morgan fingerprint density at radius 1 is 1.41 bits per heavy atom. The molecule has 94 valence electrons. The second-order valence-electron chi connectivity index (χ2n) is 5.34. The van der Waals surface area contributed by atoms with Gasteiger partial charge in [-0.05, 0) is 29.5 Å². The summed E-state index contributed by atoms with van der Waals surface area (Å²) >= 11 is 0. The molecule has 1 rings (SSSR count). The number of anilines is 1. The molecule has 0 fully saturated rings. The lowest BCUT2D eigenvalue weighted by molar-refractivity contribution is -0.140. The van der Waals surface area contributed by atoms with Gasteiger partial charge in [0.2, 0.25) is 0 Å². The molecule has 0 bridgehead atoms. The van der Waals surface area contributed by atoms with Crippen LogP contribution in [-0.4, -0.2) is 17.1 Å². The van der Waals surface area contributed by atoms with E-state index in [1.807, 2.05) is 45.0 Å². The van der Waals surface area contributed by atoms with Crippen LogP contribution in [0.15, 0.2) is 24.3 Å². The summed E-state index contributed by atoms with van der Waals surface area (Å²) in [4.78, 5) is 11.2. The van der Waals surface area contributed by atoms with Crippen molar-refractivity contribution in [3.05, 3.63) is 29.8 Å². The quantitative estimate of drug-likeness (QED) is 0.842. The molecule has 1 unspecified atom stereocenters. The minimum Gasteiger partial charge on any atom is -0.480 e. The third-order valence-electron chi connectivity index (χ3n) is 2.76. The van der Waals surface area contributed by atoms with E-state index in [9.17, 15) is 9.90 Å². The highest BCUT2D eigenvalue weighted by molar-refractivity contribution is 5.78. The van der Waals surface area contributed by atoms with Gasteiger partial charge in [-0.25, -0.2) is 4.79 Å². The normalized spacial score (nSPS) is 13.2. The molecule has 3 heteroatoms. The van der Waals surface area contributed by atoms with Crippen LogP contribution in [0, 0.1) is 5.41 Å². The van der Waals surface area contributed by atoms with Gasteiger partial charge in [-0.3, -0.25) is 0 Å². The summed E-state index contributed by atoms with van der Waals surface area (Å²) in [5.41, 5.74) is 1.74. The van der Waals surface area contributed by atoms with Gasteiger partial charge in [0, 0.05) is 5.69 Å². The van der Waals surface area contributed by atoms with Crippen LogP contribution < -0.4 is 5.32 Å². The third-order valence-corrected chi connectivity index (χ3v) is 2.76. The van der Waals surface area contributed by atoms with Crippen LogP contribution in [0.4, 0.5) is 5.69 Å². The highest BCUT2D eigenvalue weighted by Gasteiger charge is 2.30. The SMILES string of the molecule is CCc1cccc(NC(C(=O)O)C(C)(C)C)c1. The summed E-state index contributed by atoms with van der Waals surface area (Å²) < 4.78 is 0. The minimum atomic E-state index is -0.820. The Hall–Kier alpha value is -1.51. The standard InChI is InChI=1S/C14H21NO2/c1-5-10-7-6-8-11(9-10)15-12(13(16)17)14(2,3)4/h6-9,12,15H,5H2,1-4H3,(H,16,17). The number of hydrogen-bond donors (Lipinski definition) is 2. The van der Waals surface area contributed by atoms with E-state index in [1.165, 1.54) is 5.56 Å². The Kier molecular flexibility index (Phi) is 4.16. The molecule has 0 radical (unpaired) electrons. The van der Waals surface area contributed by atoms with Crippen molar-refractivity contribution in [2.24, 2.45) is 5.41 Å². The van der Waals surface area contributed by atoms with Crippen LogP contribution in [0.5, 0.6) is 0 Å². The van der Waals surface area contributed by atoms with Gasteiger partial charge in [0.25, 0.3) is 0 Å². The van der Waals surface area contributed by atoms with Crippen molar-refractivity contribution >= 4 is 11.7 Å². The molecule has 1 aromatic carbocycles. The number of carboxylic acids is 1. The molecule has 0 saturated carbocycles.